The number of rotatable bonds is 12. The second-order valence-electron chi connectivity index (χ2n) is 10.6. The molecule has 0 aliphatic carbocycles. The molecule has 1 aromatic heterocycles. The van der Waals surface area contributed by atoms with Crippen LogP contribution in [0.15, 0.2) is 83.1 Å². The number of nitrogens with zero attached hydrogens (tertiary/aromatic N) is 2. The maximum absolute atomic E-state index is 12.5. The highest BCUT2D eigenvalue weighted by Crippen LogP contribution is 2.35. The molecule has 2 amide bonds. The van der Waals surface area contributed by atoms with Gasteiger partial charge in [-0.15, -0.1) is 0 Å². The molecule has 240 valence electrons. The van der Waals surface area contributed by atoms with Gasteiger partial charge < -0.3 is 34.5 Å². The van der Waals surface area contributed by atoms with E-state index >= 15 is 0 Å². The fourth-order valence-corrected chi connectivity index (χ4v) is 5.63. The third kappa shape index (κ3) is 6.95. The van der Waals surface area contributed by atoms with E-state index in [0.717, 1.165) is 27.7 Å². The molecule has 5 rings (SSSR count). The van der Waals surface area contributed by atoms with E-state index in [9.17, 15) is 14.7 Å². The molecule has 1 aliphatic heterocycles. The number of hydrogen-bond donors (Lipinski definition) is 4. The number of carbonyl (C=O) groups is 2. The Labute approximate surface area is 271 Å². The van der Waals surface area contributed by atoms with E-state index in [2.05, 4.69) is 31.8 Å². The quantitative estimate of drug-likeness (QED) is 0.0722. The number of allylic oxidation sites excluding steroid dienone is 1. The Morgan fingerprint density at radius 2 is 1.87 bits per heavy atom. The number of halogens is 1. The number of aromatic nitrogens is 1. The number of hydrazone groups is 1. The Morgan fingerprint density at radius 1 is 1.11 bits per heavy atom. The number of fused-ring (bicyclic) bond motifs is 1. The number of methoxy groups -OCH3 is 1. The molecule has 46 heavy (non-hydrogen) atoms. The van der Waals surface area contributed by atoms with Gasteiger partial charge in [-0.3, -0.25) is 5.43 Å². The van der Waals surface area contributed by atoms with Crippen molar-refractivity contribution in [3.8, 4) is 11.5 Å². The molecule has 0 unspecified atom stereocenters. The number of esters is 1. The van der Waals surface area contributed by atoms with Crippen molar-refractivity contribution in [1.29, 1.82) is 0 Å². The lowest BCUT2D eigenvalue weighted by Crippen LogP contribution is -2.45. The lowest BCUT2D eigenvalue weighted by atomic mass is 9.95. The van der Waals surface area contributed by atoms with Crippen molar-refractivity contribution in [2.24, 2.45) is 5.10 Å². The average molecular weight is 646 g/mol. The number of aliphatic hydroxyl groups excluding tert-OH is 1. The molecule has 11 nitrogen and oxygen atoms in total. The first kappa shape index (κ1) is 32.4. The summed E-state index contributed by atoms with van der Waals surface area (Å²) in [7, 11) is 1.28. The summed E-state index contributed by atoms with van der Waals surface area (Å²) >= 11 is 6.45. The highest BCUT2D eigenvalue weighted by atomic mass is 35.5. The largest absolute Gasteiger partial charge is 0.490 e. The van der Waals surface area contributed by atoms with Crippen LogP contribution in [0.2, 0.25) is 5.02 Å². The molecule has 1 aliphatic rings. The predicted molar refractivity (Wildman–Crippen MR) is 176 cm³/mol. The number of nitrogens with one attached hydrogen (secondary N) is 3. The predicted octanol–water partition coefficient (Wildman–Crippen LogP) is 5.17. The minimum absolute atomic E-state index is 0.138. The second kappa shape index (κ2) is 14.4. The summed E-state index contributed by atoms with van der Waals surface area (Å²) in [6.07, 6.45) is 0.550. The zero-order valence-electron chi connectivity index (χ0n) is 26.0. The topological polar surface area (TPSA) is 135 Å². The van der Waals surface area contributed by atoms with Crippen LogP contribution in [0.4, 0.5) is 4.79 Å². The first-order chi connectivity index (χ1) is 22.2. The van der Waals surface area contributed by atoms with Gasteiger partial charge in [-0.1, -0.05) is 54.1 Å². The number of ether oxygens (including phenoxy) is 3. The zero-order chi connectivity index (χ0) is 32.8. The summed E-state index contributed by atoms with van der Waals surface area (Å²) in [6.45, 7) is 6.29. The van der Waals surface area contributed by atoms with Crippen LogP contribution >= 0.6 is 11.6 Å². The smallest absolute Gasteiger partial charge is 0.337 e. The number of benzene rings is 3. The van der Waals surface area contributed by atoms with Crippen molar-refractivity contribution in [3.63, 3.8) is 0 Å². The Morgan fingerprint density at radius 3 is 2.63 bits per heavy atom. The van der Waals surface area contributed by atoms with Crippen molar-refractivity contribution in [2.75, 3.05) is 20.3 Å². The van der Waals surface area contributed by atoms with Crippen LogP contribution in [0.3, 0.4) is 0 Å². The highest BCUT2D eigenvalue weighted by molar-refractivity contribution is 6.31. The number of urea groups is 1. The minimum Gasteiger partial charge on any atom is -0.490 e. The summed E-state index contributed by atoms with van der Waals surface area (Å²) in [5.41, 5.74) is 7.97. The van der Waals surface area contributed by atoms with E-state index in [1.54, 1.807) is 31.3 Å². The van der Waals surface area contributed by atoms with Crippen molar-refractivity contribution in [2.45, 2.75) is 39.6 Å². The SMILES string of the molecule is CCOc1cc([C@@H]2NC(=O)NC(C)=C2C(=O)OC)ccc1OC[C@@H](O)N/N=C/c1c(C)n(Cc2ccccc2Cl)c2ccccc12. The number of hydrogen-bond acceptors (Lipinski definition) is 8. The molecule has 0 saturated heterocycles. The van der Waals surface area contributed by atoms with Crippen LogP contribution in [-0.4, -0.2) is 54.4 Å². The van der Waals surface area contributed by atoms with Gasteiger partial charge in [0.15, 0.2) is 17.7 Å². The highest BCUT2D eigenvalue weighted by Gasteiger charge is 2.32. The van der Waals surface area contributed by atoms with Gasteiger partial charge in [0.05, 0.1) is 31.5 Å². The molecule has 0 saturated carbocycles. The average Bonchev–Trinajstić information content (AvgIpc) is 3.30. The van der Waals surface area contributed by atoms with Gasteiger partial charge in [-0.2, -0.15) is 5.10 Å². The van der Waals surface area contributed by atoms with Gasteiger partial charge in [0.2, 0.25) is 0 Å². The van der Waals surface area contributed by atoms with Crippen LogP contribution in [0.1, 0.15) is 42.3 Å². The maximum Gasteiger partial charge on any atom is 0.337 e. The first-order valence-corrected chi connectivity index (χ1v) is 15.1. The standard InChI is InChI=1S/C34H36ClN5O6/c1-5-45-29-16-22(32-31(33(42)44-4)20(2)37-34(43)38-32)14-15-28(29)46-19-30(41)39-36-17-25-21(3)40(27-13-9-7-11-24(25)27)18-23-10-6-8-12-26(23)35/h6-17,30,32,39,41H,5,18-19H2,1-4H3,(H2,37,38,43)/b36-17+/t30-,32+/m1/s1. The third-order valence-corrected chi connectivity index (χ3v) is 8.02. The second-order valence-corrected chi connectivity index (χ2v) is 11.0. The molecular formula is C34H36ClN5O6. The number of aliphatic hydroxyl groups is 1. The van der Waals surface area contributed by atoms with Crippen molar-refractivity contribution in [3.05, 3.63) is 105 Å². The summed E-state index contributed by atoms with van der Waals surface area (Å²) in [5.74, 6) is 0.185. The van der Waals surface area contributed by atoms with Crippen LogP contribution in [0, 0.1) is 6.92 Å². The monoisotopic (exact) mass is 645 g/mol. The molecule has 4 N–H and O–H groups in total. The summed E-state index contributed by atoms with van der Waals surface area (Å²) in [5, 5.41) is 22.0. The molecule has 2 atom stereocenters. The fourth-order valence-electron chi connectivity index (χ4n) is 5.43. The van der Waals surface area contributed by atoms with E-state index in [-0.39, 0.29) is 12.2 Å². The number of carbonyl (C=O) groups excluding carboxylic acids is 2. The zero-order valence-corrected chi connectivity index (χ0v) is 26.7. The van der Waals surface area contributed by atoms with Crippen molar-refractivity contribution in [1.82, 2.24) is 20.6 Å². The van der Waals surface area contributed by atoms with Gasteiger partial charge in [-0.05, 0) is 56.2 Å². The van der Waals surface area contributed by atoms with Gasteiger partial charge in [0.1, 0.15) is 6.61 Å². The Hall–Kier alpha value is -5.00. The van der Waals surface area contributed by atoms with Gasteiger partial charge >= 0.3 is 12.0 Å². The maximum atomic E-state index is 12.5. The van der Waals surface area contributed by atoms with E-state index in [4.69, 9.17) is 25.8 Å². The molecule has 12 heteroatoms. The molecule has 4 aromatic rings. The molecule has 0 bridgehead atoms. The minimum atomic E-state index is -1.14. The van der Waals surface area contributed by atoms with Crippen LogP contribution in [0.5, 0.6) is 11.5 Å². The molecule has 0 fully saturated rings. The van der Waals surface area contributed by atoms with Gasteiger partial charge in [-0.25, -0.2) is 9.59 Å². The van der Waals surface area contributed by atoms with E-state index in [1.165, 1.54) is 7.11 Å². The summed E-state index contributed by atoms with van der Waals surface area (Å²) < 4.78 is 18.8. The summed E-state index contributed by atoms with van der Waals surface area (Å²) in [6, 6.07) is 19.7. The molecular weight excluding hydrogens is 610 g/mol. The van der Waals surface area contributed by atoms with Crippen LogP contribution in [-0.2, 0) is 16.1 Å². The Bertz CT molecular complexity index is 1820. The van der Waals surface area contributed by atoms with Crippen LogP contribution in [0.25, 0.3) is 10.9 Å². The Balaban J connectivity index is 1.29. The van der Waals surface area contributed by atoms with Gasteiger partial charge in [0, 0.05) is 39.4 Å². The number of amides is 2. The lowest BCUT2D eigenvalue weighted by molar-refractivity contribution is -0.136. The number of para-hydroxylation sites is 1. The van der Waals surface area contributed by atoms with Gasteiger partial charge in [0.25, 0.3) is 0 Å². The lowest BCUT2D eigenvalue weighted by Gasteiger charge is -2.28. The molecule has 2 heterocycles. The normalized spacial score (nSPS) is 15.4. The Kier molecular flexibility index (Phi) is 10.1. The van der Waals surface area contributed by atoms with E-state index in [1.807, 2.05) is 56.3 Å². The van der Waals surface area contributed by atoms with Crippen molar-refractivity contribution >= 4 is 40.7 Å². The molecule has 3 aromatic carbocycles. The molecule has 0 spiro atoms. The van der Waals surface area contributed by atoms with Crippen molar-refractivity contribution < 1.29 is 28.9 Å². The first-order valence-electron chi connectivity index (χ1n) is 14.8. The third-order valence-electron chi connectivity index (χ3n) is 7.66. The molecule has 0 radical (unpaired) electrons. The fraction of sp³-hybridized carbons (Fsp3) is 0.265. The van der Waals surface area contributed by atoms with Crippen LogP contribution < -0.4 is 25.5 Å². The van der Waals surface area contributed by atoms with E-state index in [0.29, 0.717) is 40.9 Å². The summed E-state index contributed by atoms with van der Waals surface area (Å²) in [4.78, 5) is 24.7. The van der Waals surface area contributed by atoms with E-state index < -0.39 is 24.3 Å².